The van der Waals surface area contributed by atoms with Crippen LogP contribution in [0.4, 0.5) is 0 Å². The first-order valence-corrected chi connectivity index (χ1v) is 7.62. The van der Waals surface area contributed by atoms with E-state index in [4.69, 9.17) is 0 Å². The maximum atomic E-state index is 11.3. The molecular weight excluding hydrogens is 238 g/mol. The molecular formula is C12H20NOS2+. The fourth-order valence-electron chi connectivity index (χ4n) is 1.86. The maximum absolute atomic E-state index is 11.3. The van der Waals surface area contributed by atoms with E-state index in [1.165, 1.54) is 12.8 Å². The predicted octanol–water partition coefficient (Wildman–Crippen LogP) is 4.14. The smallest absolute Gasteiger partial charge is 0.240 e. The minimum atomic E-state index is 0.0512. The normalized spacial score (nSPS) is 14.7. The van der Waals surface area contributed by atoms with Crippen molar-refractivity contribution in [1.82, 2.24) is 4.98 Å². The lowest BCUT2D eigenvalue weighted by Crippen LogP contribution is -2.11. The van der Waals surface area contributed by atoms with Crippen LogP contribution >= 0.6 is 11.3 Å². The summed E-state index contributed by atoms with van der Waals surface area (Å²) in [7, 11) is 0. The molecule has 0 fully saturated rings. The van der Waals surface area contributed by atoms with Gasteiger partial charge < -0.3 is 0 Å². The van der Waals surface area contributed by atoms with Gasteiger partial charge in [0, 0.05) is 21.2 Å². The molecule has 2 atom stereocenters. The van der Waals surface area contributed by atoms with Crippen molar-refractivity contribution in [2.75, 3.05) is 0 Å². The van der Waals surface area contributed by atoms with Gasteiger partial charge in [-0.3, -0.25) is 0 Å². The minimum absolute atomic E-state index is 0.0512. The molecule has 0 radical (unpaired) electrons. The highest BCUT2D eigenvalue weighted by molar-refractivity contribution is 7.66. The first-order valence-electron chi connectivity index (χ1n) is 5.93. The van der Waals surface area contributed by atoms with E-state index in [1.54, 1.807) is 11.3 Å². The Balaban J connectivity index is 2.74. The van der Waals surface area contributed by atoms with Crippen molar-refractivity contribution in [3.05, 3.63) is 16.1 Å². The summed E-state index contributed by atoms with van der Waals surface area (Å²) in [6.07, 6.45) is 4.62. The summed E-state index contributed by atoms with van der Waals surface area (Å²) >= 11 is 2.34. The molecule has 0 amide bonds. The van der Waals surface area contributed by atoms with Gasteiger partial charge in [-0.05, 0) is 19.8 Å². The van der Waals surface area contributed by atoms with Crippen molar-refractivity contribution >= 4 is 23.0 Å². The molecule has 0 saturated heterocycles. The molecule has 2 unspecified atom stereocenters. The zero-order chi connectivity index (χ0) is 12.0. The molecule has 1 heterocycles. The van der Waals surface area contributed by atoms with E-state index < -0.39 is 0 Å². The van der Waals surface area contributed by atoms with E-state index in [-0.39, 0.29) is 5.25 Å². The van der Waals surface area contributed by atoms with Gasteiger partial charge in [0.05, 0.1) is 0 Å². The van der Waals surface area contributed by atoms with Gasteiger partial charge in [0.1, 0.15) is 0 Å². The van der Waals surface area contributed by atoms with Crippen LogP contribution in [-0.4, -0.2) is 4.98 Å². The largest absolute Gasteiger partial charge is 0.470 e. The van der Waals surface area contributed by atoms with Crippen LogP contribution in [0, 0.1) is 12.8 Å². The maximum Gasteiger partial charge on any atom is 0.470 e. The van der Waals surface area contributed by atoms with Crippen LogP contribution in [0.25, 0.3) is 0 Å². The fraction of sp³-hybridized carbons (Fsp3) is 0.750. The number of hydrogen-bond donors (Lipinski definition) is 0. The second-order valence-electron chi connectivity index (χ2n) is 4.15. The molecule has 0 aliphatic rings. The highest BCUT2D eigenvalue weighted by Gasteiger charge is 2.35. The summed E-state index contributed by atoms with van der Waals surface area (Å²) in [4.78, 5) is 4.46. The van der Waals surface area contributed by atoms with Crippen LogP contribution in [0.1, 0.15) is 55.5 Å². The highest BCUT2D eigenvalue weighted by atomic mass is 32.1. The number of unbranched alkanes of at least 4 members (excludes halogenated alkanes) is 1. The third-order valence-electron chi connectivity index (χ3n) is 2.86. The lowest BCUT2D eigenvalue weighted by Gasteiger charge is -2.11. The Bertz CT molecular complexity index is 325. The van der Waals surface area contributed by atoms with Crippen LogP contribution in [0.5, 0.6) is 0 Å². The lowest BCUT2D eigenvalue weighted by atomic mass is 9.96. The van der Waals surface area contributed by atoms with E-state index in [9.17, 15) is 4.21 Å². The van der Waals surface area contributed by atoms with Gasteiger partial charge in [-0.1, -0.05) is 26.7 Å². The Morgan fingerprint density at radius 1 is 1.50 bits per heavy atom. The van der Waals surface area contributed by atoms with Gasteiger partial charge in [-0.2, -0.15) is 0 Å². The molecule has 0 spiro atoms. The summed E-state index contributed by atoms with van der Waals surface area (Å²) in [5, 5.41) is 3.10. The Morgan fingerprint density at radius 2 is 2.25 bits per heavy atom. The summed E-state index contributed by atoms with van der Waals surface area (Å²) in [5.74, 6) is 0.480. The van der Waals surface area contributed by atoms with E-state index in [0.717, 1.165) is 35.2 Å². The molecule has 1 rings (SSSR count). The number of thiazole rings is 1. The fourth-order valence-corrected chi connectivity index (χ4v) is 3.63. The van der Waals surface area contributed by atoms with E-state index in [1.807, 2.05) is 12.3 Å². The third-order valence-corrected chi connectivity index (χ3v) is 4.88. The molecule has 90 valence electrons. The Labute approximate surface area is 106 Å². The van der Waals surface area contributed by atoms with Crippen LogP contribution in [-0.2, 0) is 15.9 Å². The van der Waals surface area contributed by atoms with Gasteiger partial charge in [0.2, 0.25) is 0 Å². The van der Waals surface area contributed by atoms with Gasteiger partial charge in [0.25, 0.3) is 5.25 Å². The standard InChI is InChI=1S/C12H20NOS2/c1-4-6-7-10(5-2)11(16-14)12-13-9(3)8-15-12/h8,10-11H,4-7H2,1-3H3/q+1. The Kier molecular flexibility index (Phi) is 6.06. The van der Waals surface area contributed by atoms with Gasteiger partial charge in [0.15, 0.2) is 5.01 Å². The highest BCUT2D eigenvalue weighted by Crippen LogP contribution is 2.32. The molecule has 0 saturated carbocycles. The molecule has 0 bridgehead atoms. The summed E-state index contributed by atoms with van der Waals surface area (Å²) in [6, 6.07) is 0. The number of nitrogens with zero attached hydrogens (tertiary/aromatic N) is 1. The zero-order valence-electron chi connectivity index (χ0n) is 10.2. The number of hydrogen-bond acceptors (Lipinski definition) is 3. The van der Waals surface area contributed by atoms with Crippen LogP contribution in [0.3, 0.4) is 0 Å². The van der Waals surface area contributed by atoms with Crippen molar-refractivity contribution in [3.8, 4) is 0 Å². The average Bonchev–Trinajstić information content (AvgIpc) is 2.70. The van der Waals surface area contributed by atoms with Crippen LogP contribution in [0.2, 0.25) is 0 Å². The van der Waals surface area contributed by atoms with Gasteiger partial charge in [-0.25, -0.2) is 4.98 Å². The summed E-state index contributed by atoms with van der Waals surface area (Å²) in [6.45, 7) is 6.35. The quantitative estimate of drug-likeness (QED) is 0.688. The lowest BCUT2D eigenvalue weighted by molar-refractivity contribution is 0.434. The molecule has 16 heavy (non-hydrogen) atoms. The molecule has 1 aromatic rings. The second kappa shape index (κ2) is 7.07. The minimum Gasteiger partial charge on any atom is -0.240 e. The molecule has 0 aliphatic heterocycles. The first-order chi connectivity index (χ1) is 7.72. The second-order valence-corrected chi connectivity index (χ2v) is 5.74. The molecule has 0 N–H and O–H groups in total. The average molecular weight is 258 g/mol. The van der Waals surface area contributed by atoms with Crippen molar-refractivity contribution in [1.29, 1.82) is 0 Å². The SMILES string of the molecule is CCCCC(CC)C([S+]=O)c1nc(C)cs1. The molecule has 0 aliphatic carbocycles. The first kappa shape index (κ1) is 13.7. The topological polar surface area (TPSA) is 30.0 Å². The Morgan fingerprint density at radius 3 is 2.69 bits per heavy atom. The molecule has 2 nitrogen and oxygen atoms in total. The number of aryl methyl sites for hydroxylation is 1. The van der Waals surface area contributed by atoms with Crippen LogP contribution < -0.4 is 0 Å². The van der Waals surface area contributed by atoms with Crippen molar-refractivity contribution < 1.29 is 4.21 Å². The monoisotopic (exact) mass is 258 g/mol. The van der Waals surface area contributed by atoms with Crippen molar-refractivity contribution in [2.45, 2.75) is 51.7 Å². The zero-order valence-corrected chi connectivity index (χ0v) is 11.9. The van der Waals surface area contributed by atoms with Crippen LogP contribution in [0.15, 0.2) is 5.38 Å². The molecule has 0 aromatic carbocycles. The third kappa shape index (κ3) is 3.59. The van der Waals surface area contributed by atoms with E-state index in [2.05, 4.69) is 18.8 Å². The number of rotatable bonds is 7. The predicted molar refractivity (Wildman–Crippen MR) is 70.9 cm³/mol. The van der Waals surface area contributed by atoms with Crippen molar-refractivity contribution in [3.63, 3.8) is 0 Å². The van der Waals surface area contributed by atoms with Crippen molar-refractivity contribution in [2.24, 2.45) is 5.92 Å². The molecule has 1 aromatic heterocycles. The number of aromatic nitrogens is 1. The van der Waals surface area contributed by atoms with E-state index >= 15 is 0 Å². The Hall–Kier alpha value is -0.350. The summed E-state index contributed by atoms with van der Waals surface area (Å²) < 4.78 is 11.3. The van der Waals surface area contributed by atoms with E-state index in [0.29, 0.717) is 5.92 Å². The van der Waals surface area contributed by atoms with Gasteiger partial charge in [-0.15, -0.1) is 11.3 Å². The summed E-state index contributed by atoms with van der Waals surface area (Å²) in [5.41, 5.74) is 1.03. The van der Waals surface area contributed by atoms with Gasteiger partial charge >= 0.3 is 11.7 Å². The molecule has 4 heteroatoms.